The summed E-state index contributed by atoms with van der Waals surface area (Å²) in [6.07, 6.45) is -0.728. The molecule has 3 N–H and O–H groups in total. The fourth-order valence-corrected chi connectivity index (χ4v) is 3.25. The Labute approximate surface area is 135 Å². The summed E-state index contributed by atoms with van der Waals surface area (Å²) in [5.74, 6) is 0. The van der Waals surface area contributed by atoms with Crippen LogP contribution in [0.5, 0.6) is 0 Å². The maximum absolute atomic E-state index is 10.5. The number of aliphatic hydroxyl groups is 2. The third-order valence-electron chi connectivity index (χ3n) is 3.85. The lowest BCUT2D eigenvalue weighted by Crippen LogP contribution is -2.50. The molecular weight excluding hydrogens is 313 g/mol. The molecule has 1 heterocycles. The van der Waals surface area contributed by atoms with Gasteiger partial charge in [-0.1, -0.05) is 29.3 Å². The molecule has 4 nitrogen and oxygen atoms in total. The van der Waals surface area contributed by atoms with E-state index in [0.29, 0.717) is 22.0 Å². The highest BCUT2D eigenvalue weighted by Crippen LogP contribution is 2.37. The number of halogens is 2. The van der Waals surface area contributed by atoms with Crippen LogP contribution < -0.4 is 5.32 Å². The zero-order chi connectivity index (χ0) is 15.8. The minimum absolute atomic E-state index is 0.110. The lowest BCUT2D eigenvalue weighted by Gasteiger charge is -2.31. The van der Waals surface area contributed by atoms with Gasteiger partial charge in [-0.05, 0) is 44.9 Å². The molecule has 0 saturated carbocycles. The minimum atomic E-state index is -0.733. The maximum Gasteiger partial charge on any atom is 0.114 e. The minimum Gasteiger partial charge on any atom is -0.394 e. The van der Waals surface area contributed by atoms with Crippen LogP contribution in [0.25, 0.3) is 0 Å². The second-order valence-electron chi connectivity index (χ2n) is 6.24. The van der Waals surface area contributed by atoms with Gasteiger partial charge in [-0.3, -0.25) is 5.32 Å². The predicted molar refractivity (Wildman–Crippen MR) is 83.6 cm³/mol. The molecule has 1 aliphatic rings. The van der Waals surface area contributed by atoms with E-state index >= 15 is 0 Å². The SMILES string of the molecule is CC1(C)N[C@](C)(CC(O)c2ccc(Cl)c(Cl)c2)C(CO)O1. The molecule has 118 valence electrons. The van der Waals surface area contributed by atoms with Crippen molar-refractivity contribution >= 4 is 23.2 Å². The van der Waals surface area contributed by atoms with Crippen LogP contribution >= 0.6 is 23.2 Å². The van der Waals surface area contributed by atoms with Gasteiger partial charge < -0.3 is 14.9 Å². The van der Waals surface area contributed by atoms with Crippen LogP contribution in [0.3, 0.4) is 0 Å². The van der Waals surface area contributed by atoms with E-state index in [1.54, 1.807) is 18.2 Å². The standard InChI is InChI=1S/C15H21Cl2NO3/c1-14(2)18-15(3,13(8-19)21-14)7-12(20)9-4-5-10(16)11(17)6-9/h4-6,12-13,18-20H,7-8H2,1-3H3/t12?,13?,15-/m1/s1. The summed E-state index contributed by atoms with van der Waals surface area (Å²) < 4.78 is 5.77. The van der Waals surface area contributed by atoms with E-state index in [-0.39, 0.29) is 12.7 Å². The summed E-state index contributed by atoms with van der Waals surface area (Å²) in [6, 6.07) is 5.07. The second kappa shape index (κ2) is 6.03. The van der Waals surface area contributed by atoms with E-state index < -0.39 is 17.4 Å². The fourth-order valence-electron chi connectivity index (χ4n) is 2.94. The fraction of sp³-hybridized carbons (Fsp3) is 0.600. The molecule has 3 atom stereocenters. The van der Waals surface area contributed by atoms with E-state index in [1.807, 2.05) is 20.8 Å². The van der Waals surface area contributed by atoms with Gasteiger partial charge >= 0.3 is 0 Å². The molecule has 1 aromatic carbocycles. The molecule has 0 aromatic heterocycles. The molecule has 0 aliphatic carbocycles. The third kappa shape index (κ3) is 3.70. The maximum atomic E-state index is 10.5. The van der Waals surface area contributed by atoms with Gasteiger partial charge in [0, 0.05) is 5.54 Å². The third-order valence-corrected chi connectivity index (χ3v) is 4.58. The Morgan fingerprint density at radius 2 is 1.95 bits per heavy atom. The molecule has 0 amide bonds. The number of hydrogen-bond acceptors (Lipinski definition) is 4. The Morgan fingerprint density at radius 1 is 1.29 bits per heavy atom. The summed E-state index contributed by atoms with van der Waals surface area (Å²) in [4.78, 5) is 0. The van der Waals surface area contributed by atoms with Crippen LogP contribution in [0, 0.1) is 0 Å². The lowest BCUT2D eigenvalue weighted by molar-refractivity contribution is -0.0526. The van der Waals surface area contributed by atoms with Crippen molar-refractivity contribution in [3.05, 3.63) is 33.8 Å². The van der Waals surface area contributed by atoms with Crippen molar-refractivity contribution in [2.45, 2.75) is 50.7 Å². The second-order valence-corrected chi connectivity index (χ2v) is 7.05. The van der Waals surface area contributed by atoms with Gasteiger partial charge in [0.25, 0.3) is 0 Å². The van der Waals surface area contributed by atoms with Crippen LogP contribution in [0.2, 0.25) is 10.0 Å². The van der Waals surface area contributed by atoms with Gasteiger partial charge in [0.2, 0.25) is 0 Å². The zero-order valence-corrected chi connectivity index (χ0v) is 13.9. The van der Waals surface area contributed by atoms with Crippen molar-refractivity contribution in [2.24, 2.45) is 0 Å². The summed E-state index contributed by atoms with van der Waals surface area (Å²) in [5, 5.41) is 24.2. The summed E-state index contributed by atoms with van der Waals surface area (Å²) >= 11 is 11.9. The summed E-state index contributed by atoms with van der Waals surface area (Å²) in [6.45, 7) is 5.61. The molecule has 0 bridgehead atoms. The molecule has 1 aromatic rings. The Kier molecular flexibility index (Phi) is 4.88. The van der Waals surface area contributed by atoms with Crippen LogP contribution in [-0.4, -0.2) is 34.2 Å². The van der Waals surface area contributed by atoms with Gasteiger partial charge in [0.15, 0.2) is 0 Å². The Hall–Kier alpha value is -0.360. The highest BCUT2D eigenvalue weighted by Gasteiger charge is 2.48. The number of ether oxygens (including phenoxy) is 1. The predicted octanol–water partition coefficient (Wildman–Crippen LogP) is 2.89. The Bertz CT molecular complexity index is 524. The molecule has 6 heteroatoms. The van der Waals surface area contributed by atoms with Gasteiger partial charge in [0.05, 0.1) is 22.8 Å². The first-order valence-electron chi connectivity index (χ1n) is 6.88. The molecule has 0 radical (unpaired) electrons. The topological polar surface area (TPSA) is 61.7 Å². The summed E-state index contributed by atoms with van der Waals surface area (Å²) in [7, 11) is 0. The largest absolute Gasteiger partial charge is 0.394 e. The zero-order valence-electron chi connectivity index (χ0n) is 12.4. The molecule has 2 unspecified atom stereocenters. The van der Waals surface area contributed by atoms with Crippen molar-refractivity contribution in [1.82, 2.24) is 5.32 Å². The number of hydrogen-bond donors (Lipinski definition) is 3. The number of benzene rings is 1. The molecule has 21 heavy (non-hydrogen) atoms. The van der Waals surface area contributed by atoms with Gasteiger partial charge in [-0.15, -0.1) is 0 Å². The summed E-state index contributed by atoms with van der Waals surface area (Å²) in [5.41, 5.74) is -0.391. The molecule has 2 rings (SSSR count). The lowest BCUT2D eigenvalue weighted by atomic mass is 9.87. The first kappa shape index (κ1) is 17.0. The normalized spacial score (nSPS) is 29.6. The Balaban J connectivity index is 2.17. The van der Waals surface area contributed by atoms with Crippen LogP contribution in [0.1, 0.15) is 38.9 Å². The van der Waals surface area contributed by atoms with Gasteiger partial charge in [0.1, 0.15) is 11.8 Å². The average molecular weight is 334 g/mol. The van der Waals surface area contributed by atoms with E-state index in [4.69, 9.17) is 27.9 Å². The molecule has 1 saturated heterocycles. The van der Waals surface area contributed by atoms with E-state index in [9.17, 15) is 10.2 Å². The van der Waals surface area contributed by atoms with E-state index in [1.165, 1.54) is 0 Å². The first-order chi connectivity index (χ1) is 9.67. The average Bonchev–Trinajstić information content (AvgIpc) is 2.61. The van der Waals surface area contributed by atoms with E-state index in [2.05, 4.69) is 5.32 Å². The monoisotopic (exact) mass is 333 g/mol. The van der Waals surface area contributed by atoms with Crippen molar-refractivity contribution in [2.75, 3.05) is 6.61 Å². The van der Waals surface area contributed by atoms with Crippen LogP contribution in [-0.2, 0) is 4.74 Å². The quantitative estimate of drug-likeness (QED) is 0.792. The highest BCUT2D eigenvalue weighted by atomic mass is 35.5. The Morgan fingerprint density at radius 3 is 2.52 bits per heavy atom. The van der Waals surface area contributed by atoms with Gasteiger partial charge in [-0.25, -0.2) is 0 Å². The van der Waals surface area contributed by atoms with Crippen molar-refractivity contribution < 1.29 is 14.9 Å². The molecule has 0 spiro atoms. The van der Waals surface area contributed by atoms with Crippen LogP contribution in [0.15, 0.2) is 18.2 Å². The van der Waals surface area contributed by atoms with Crippen molar-refractivity contribution in [3.63, 3.8) is 0 Å². The molecule has 1 fully saturated rings. The van der Waals surface area contributed by atoms with E-state index in [0.717, 1.165) is 0 Å². The smallest absolute Gasteiger partial charge is 0.114 e. The van der Waals surface area contributed by atoms with Gasteiger partial charge in [-0.2, -0.15) is 0 Å². The molecular formula is C15H21Cl2NO3. The molecule has 1 aliphatic heterocycles. The van der Waals surface area contributed by atoms with Crippen molar-refractivity contribution in [1.29, 1.82) is 0 Å². The number of nitrogens with one attached hydrogen (secondary N) is 1. The highest BCUT2D eigenvalue weighted by molar-refractivity contribution is 6.42. The number of aliphatic hydroxyl groups excluding tert-OH is 2. The first-order valence-corrected chi connectivity index (χ1v) is 7.63. The number of rotatable bonds is 4. The van der Waals surface area contributed by atoms with Crippen molar-refractivity contribution in [3.8, 4) is 0 Å². The van der Waals surface area contributed by atoms with Crippen LogP contribution in [0.4, 0.5) is 0 Å².